The average Bonchev–Trinajstić information content (AvgIpc) is 3.87. The van der Waals surface area contributed by atoms with Crippen LogP contribution in [0.15, 0.2) is 142 Å². The van der Waals surface area contributed by atoms with Crippen LogP contribution in [0, 0.1) is 0 Å². The highest BCUT2D eigenvalue weighted by atomic mass is 16.4. The van der Waals surface area contributed by atoms with E-state index < -0.39 is 19.1 Å². The fraction of sp³-hybridized carbons (Fsp3) is 0.0952. The summed E-state index contributed by atoms with van der Waals surface area (Å²) in [6.45, 7) is -4.14. The second kappa shape index (κ2) is 10.3. The smallest absolute Gasteiger partial charge is 0.227 e. The largest absolute Gasteiger partial charge is 0.436 e. The molecule has 0 bridgehead atoms. The van der Waals surface area contributed by atoms with E-state index >= 15 is 0 Å². The molecule has 0 atom stereocenters. The molecule has 6 aromatic carbocycles. The van der Waals surface area contributed by atoms with Crippen molar-refractivity contribution in [2.24, 2.45) is 0 Å². The van der Waals surface area contributed by atoms with E-state index in [1.807, 2.05) is 84.9 Å². The van der Waals surface area contributed by atoms with Gasteiger partial charge in [-0.2, -0.15) is 0 Å². The first-order valence-electron chi connectivity index (χ1n) is 18.4. The van der Waals surface area contributed by atoms with Crippen molar-refractivity contribution in [1.29, 1.82) is 0 Å². The lowest BCUT2D eigenvalue weighted by Gasteiger charge is -2.19. The van der Waals surface area contributed by atoms with Crippen LogP contribution in [-0.4, -0.2) is 14.5 Å². The van der Waals surface area contributed by atoms with Gasteiger partial charge in [0.2, 0.25) is 11.8 Å². The zero-order valence-electron chi connectivity index (χ0n) is 31.4. The van der Waals surface area contributed by atoms with Crippen molar-refractivity contribution >= 4 is 44.0 Å². The van der Waals surface area contributed by atoms with Gasteiger partial charge in [0.05, 0.1) is 11.0 Å². The van der Waals surface area contributed by atoms with Crippen LogP contribution in [0.25, 0.3) is 83.7 Å². The molecular weight excluding hydrogens is 578 g/mol. The van der Waals surface area contributed by atoms with Crippen molar-refractivity contribution in [2.75, 3.05) is 0 Å². The standard InChI is InChI=1S/C42H31N3O2/c1-42(2,3)30-18-12-26(13-19-30)27-14-20-31(21-15-27)45-36-22-16-28(40-43-34-8-4-6-10-38(34)46-40)24-32(36)33-25-29(17-23-37(33)45)41-44-35-9-5-7-11-39(35)47-41/h4-25H,1-3H3/i1D3,2D3. The van der Waals surface area contributed by atoms with E-state index in [2.05, 4.69) is 28.8 Å². The minimum absolute atomic E-state index is 0.248. The lowest BCUT2D eigenvalue weighted by molar-refractivity contribution is 0.590. The van der Waals surface area contributed by atoms with E-state index in [0.717, 1.165) is 71.9 Å². The monoisotopic (exact) mass is 615 g/mol. The van der Waals surface area contributed by atoms with Gasteiger partial charge < -0.3 is 13.4 Å². The van der Waals surface area contributed by atoms with Gasteiger partial charge in [-0.05, 0) is 94.9 Å². The maximum absolute atomic E-state index is 8.02. The van der Waals surface area contributed by atoms with Gasteiger partial charge in [-0.3, -0.25) is 0 Å². The van der Waals surface area contributed by atoms with E-state index in [9.17, 15) is 0 Å². The number of oxazole rings is 2. The highest BCUT2D eigenvalue weighted by molar-refractivity contribution is 6.11. The molecule has 0 aliphatic carbocycles. The topological polar surface area (TPSA) is 57.0 Å². The van der Waals surface area contributed by atoms with Gasteiger partial charge in [-0.1, -0.05) is 81.3 Å². The average molecular weight is 616 g/mol. The molecule has 0 fully saturated rings. The Hall–Kier alpha value is -5.94. The van der Waals surface area contributed by atoms with E-state index in [0.29, 0.717) is 11.8 Å². The van der Waals surface area contributed by atoms with Gasteiger partial charge in [0, 0.05) is 35.8 Å². The molecule has 0 saturated carbocycles. The normalized spacial score (nSPS) is 14.6. The zero-order chi connectivity index (χ0) is 36.7. The lowest BCUT2D eigenvalue weighted by atomic mass is 9.86. The van der Waals surface area contributed by atoms with Gasteiger partial charge in [-0.15, -0.1) is 0 Å². The first kappa shape index (κ1) is 21.7. The molecule has 0 saturated heterocycles. The van der Waals surface area contributed by atoms with Crippen LogP contribution in [0.4, 0.5) is 0 Å². The summed E-state index contributed by atoms with van der Waals surface area (Å²) in [5.74, 6) is 1.08. The third-order valence-corrected chi connectivity index (χ3v) is 8.77. The molecule has 0 aliphatic heterocycles. The van der Waals surface area contributed by atoms with Crippen LogP contribution in [0.5, 0.6) is 0 Å². The summed E-state index contributed by atoms with van der Waals surface area (Å²) in [5, 5.41) is 2.01. The molecule has 5 nitrogen and oxygen atoms in total. The van der Waals surface area contributed by atoms with Gasteiger partial charge in [0.25, 0.3) is 0 Å². The number of para-hydroxylation sites is 4. The SMILES string of the molecule is [2H]C([2H])([2H])C(C)(c1ccc(-c2ccc(-n3c4ccc(-c5nc6ccccc6o5)cc4c4cc(-c5nc6ccccc6o5)ccc43)cc2)cc1)C([2H])([2H])[2H]. The van der Waals surface area contributed by atoms with Crippen molar-refractivity contribution in [3.05, 3.63) is 139 Å². The third kappa shape index (κ3) is 4.62. The minimum Gasteiger partial charge on any atom is -0.436 e. The molecule has 226 valence electrons. The fourth-order valence-corrected chi connectivity index (χ4v) is 6.36. The summed E-state index contributed by atoms with van der Waals surface area (Å²) >= 11 is 0. The molecule has 0 N–H and O–H groups in total. The van der Waals surface area contributed by atoms with Crippen LogP contribution in [0.1, 0.15) is 34.4 Å². The maximum Gasteiger partial charge on any atom is 0.227 e. The first-order chi connectivity index (χ1) is 25.4. The Morgan fingerprint density at radius 1 is 0.553 bits per heavy atom. The van der Waals surface area contributed by atoms with Crippen molar-refractivity contribution in [1.82, 2.24) is 14.5 Å². The van der Waals surface area contributed by atoms with Crippen molar-refractivity contribution in [3.8, 4) is 39.7 Å². The van der Waals surface area contributed by atoms with E-state index in [1.54, 1.807) is 24.3 Å². The van der Waals surface area contributed by atoms with Gasteiger partial charge in [0.1, 0.15) is 11.0 Å². The second-order valence-electron chi connectivity index (χ2n) is 12.0. The molecule has 5 heteroatoms. The van der Waals surface area contributed by atoms with Gasteiger partial charge >= 0.3 is 0 Å². The number of rotatable bonds is 4. The molecule has 0 radical (unpaired) electrons. The fourth-order valence-electron chi connectivity index (χ4n) is 6.36. The number of hydrogen-bond acceptors (Lipinski definition) is 4. The van der Waals surface area contributed by atoms with Crippen molar-refractivity contribution in [3.63, 3.8) is 0 Å². The van der Waals surface area contributed by atoms with E-state index in [-0.39, 0.29) is 5.56 Å². The van der Waals surface area contributed by atoms with Crippen LogP contribution in [0.3, 0.4) is 0 Å². The molecule has 0 unspecified atom stereocenters. The second-order valence-corrected chi connectivity index (χ2v) is 12.0. The Balaban J connectivity index is 1.15. The lowest BCUT2D eigenvalue weighted by Crippen LogP contribution is -2.10. The third-order valence-electron chi connectivity index (χ3n) is 8.77. The molecule has 0 amide bonds. The minimum atomic E-state index is -2.71. The van der Waals surface area contributed by atoms with Crippen LogP contribution in [-0.2, 0) is 5.41 Å². The molecule has 3 aromatic heterocycles. The Morgan fingerprint density at radius 3 is 1.51 bits per heavy atom. The summed E-state index contributed by atoms with van der Waals surface area (Å²) in [4.78, 5) is 9.50. The quantitative estimate of drug-likeness (QED) is 0.198. The van der Waals surface area contributed by atoms with Crippen molar-refractivity contribution in [2.45, 2.75) is 26.0 Å². The maximum atomic E-state index is 8.02. The number of benzene rings is 6. The van der Waals surface area contributed by atoms with Gasteiger partial charge in [0.15, 0.2) is 11.2 Å². The number of hydrogen-bond donors (Lipinski definition) is 0. The van der Waals surface area contributed by atoms with Crippen LogP contribution >= 0.6 is 0 Å². The van der Waals surface area contributed by atoms with E-state index in [4.69, 9.17) is 27.0 Å². The number of aromatic nitrogens is 3. The van der Waals surface area contributed by atoms with Crippen molar-refractivity contribution < 1.29 is 17.1 Å². The Kier molecular flexibility index (Phi) is 4.76. The predicted molar refractivity (Wildman–Crippen MR) is 191 cm³/mol. The molecule has 0 spiro atoms. The van der Waals surface area contributed by atoms with Gasteiger partial charge in [-0.25, -0.2) is 9.97 Å². The zero-order valence-corrected chi connectivity index (χ0v) is 25.4. The Morgan fingerprint density at radius 2 is 1.02 bits per heavy atom. The number of fused-ring (bicyclic) bond motifs is 5. The molecule has 3 heterocycles. The van der Waals surface area contributed by atoms with Crippen LogP contribution in [0.2, 0.25) is 0 Å². The summed E-state index contributed by atoms with van der Waals surface area (Å²) in [6.07, 6.45) is 0. The molecule has 9 aromatic rings. The highest BCUT2D eigenvalue weighted by Gasteiger charge is 2.18. The summed E-state index contributed by atoms with van der Waals surface area (Å²) in [6, 6.07) is 42.7. The molecular formula is C42H31N3O2. The number of nitrogens with zero attached hydrogens (tertiary/aromatic N) is 3. The Labute approximate surface area is 280 Å². The Bertz CT molecular complexity index is 2620. The van der Waals surface area contributed by atoms with Crippen LogP contribution < -0.4 is 0 Å². The first-order valence-corrected chi connectivity index (χ1v) is 15.4. The molecule has 9 rings (SSSR count). The summed E-state index contributed by atoms with van der Waals surface area (Å²) in [5.41, 5.74) is 7.64. The predicted octanol–water partition coefficient (Wildman–Crippen LogP) is 11.4. The summed E-state index contributed by atoms with van der Waals surface area (Å²) < 4.78 is 62.6. The molecule has 47 heavy (non-hydrogen) atoms. The highest BCUT2D eigenvalue weighted by Crippen LogP contribution is 2.38. The molecule has 0 aliphatic rings. The van der Waals surface area contributed by atoms with E-state index in [1.165, 1.54) is 6.92 Å². The summed E-state index contributed by atoms with van der Waals surface area (Å²) in [7, 11) is 0.